The zero-order chi connectivity index (χ0) is 30.8. The fourth-order valence-electron chi connectivity index (χ4n) is 5.46. The summed E-state index contributed by atoms with van der Waals surface area (Å²) < 4.78 is 34.1. The van der Waals surface area contributed by atoms with Gasteiger partial charge in [0, 0.05) is 17.7 Å². The summed E-state index contributed by atoms with van der Waals surface area (Å²) in [6, 6.07) is 10.2. The van der Waals surface area contributed by atoms with Gasteiger partial charge in [-0.2, -0.15) is 0 Å². The van der Waals surface area contributed by atoms with Crippen LogP contribution in [0.4, 0.5) is 20.2 Å². The first-order valence-electron chi connectivity index (χ1n) is 13.8. The van der Waals surface area contributed by atoms with Gasteiger partial charge >= 0.3 is 5.97 Å². The summed E-state index contributed by atoms with van der Waals surface area (Å²) in [4.78, 5) is 58.5. The van der Waals surface area contributed by atoms with Crippen LogP contribution in [0.25, 0.3) is 11.3 Å². The molecule has 0 spiro atoms. The molecule has 2 bridgehead atoms. The van der Waals surface area contributed by atoms with Gasteiger partial charge in [0.2, 0.25) is 17.7 Å². The van der Waals surface area contributed by atoms with Crippen molar-refractivity contribution < 1.29 is 32.7 Å². The Morgan fingerprint density at radius 1 is 1.07 bits per heavy atom. The van der Waals surface area contributed by atoms with E-state index in [9.17, 15) is 28.0 Å². The predicted molar refractivity (Wildman–Crippen MR) is 155 cm³/mol. The molecule has 3 amide bonds. The lowest BCUT2D eigenvalue weighted by Gasteiger charge is -2.39. The number of amides is 3. The van der Waals surface area contributed by atoms with Gasteiger partial charge in [-0.05, 0) is 54.3 Å². The highest BCUT2D eigenvalue weighted by atomic mass is 35.5. The lowest BCUT2D eigenvalue weighted by atomic mass is 9.93. The number of nitrogens with one attached hydrogen (secondary N) is 1. The Labute approximate surface area is 251 Å². The van der Waals surface area contributed by atoms with Crippen molar-refractivity contribution in [3.8, 4) is 11.3 Å². The van der Waals surface area contributed by atoms with Crippen molar-refractivity contribution in [1.29, 1.82) is 0 Å². The maximum atomic E-state index is 14.7. The molecule has 1 saturated heterocycles. The van der Waals surface area contributed by atoms with Crippen molar-refractivity contribution in [2.24, 2.45) is 5.92 Å². The van der Waals surface area contributed by atoms with Gasteiger partial charge in [-0.3, -0.25) is 29.1 Å². The Kier molecular flexibility index (Phi) is 8.72. The minimum Gasteiger partial charge on any atom is -0.469 e. The number of ether oxygens (including phenoxy) is 1. The summed E-state index contributed by atoms with van der Waals surface area (Å²) in [5.41, 5.74) is 2.30. The van der Waals surface area contributed by atoms with E-state index in [1.807, 2.05) is 0 Å². The van der Waals surface area contributed by atoms with E-state index in [-0.39, 0.29) is 23.3 Å². The lowest BCUT2D eigenvalue weighted by Crippen LogP contribution is -2.55. The number of esters is 1. The predicted octanol–water partition coefficient (Wildman–Crippen LogP) is 5.07. The summed E-state index contributed by atoms with van der Waals surface area (Å²) in [6.07, 6.45) is 3.09. The molecular weight excluding hydrogens is 582 g/mol. The van der Waals surface area contributed by atoms with E-state index in [1.54, 1.807) is 43.5 Å². The van der Waals surface area contributed by atoms with Crippen LogP contribution >= 0.6 is 11.6 Å². The van der Waals surface area contributed by atoms with E-state index in [4.69, 9.17) is 16.3 Å². The number of rotatable bonds is 4. The number of pyridine rings is 1. The standard InChI is InChI=1S/C31H29ClF2N4O5/c1-17-4-3-5-25(37-15-27(40)38(16-26(37)39)30-22(33)9-8-21(32)29(30)34)19-10-11-35-23(14-19)20-7-6-18(13-28(41)43-2)12-24(20)36-31(17)42/h6-12,14,17,25H,3-5,13,15-16H2,1-2H3,(H,36,42)/t17-,25+/m1/s1. The third-order valence-corrected chi connectivity index (χ3v) is 8.10. The second-order valence-electron chi connectivity index (χ2n) is 10.6. The maximum absolute atomic E-state index is 14.7. The first kappa shape index (κ1) is 30.1. The molecule has 2 atom stereocenters. The highest BCUT2D eigenvalue weighted by molar-refractivity contribution is 6.31. The van der Waals surface area contributed by atoms with E-state index < -0.39 is 54.2 Å². The van der Waals surface area contributed by atoms with Crippen molar-refractivity contribution in [3.63, 3.8) is 0 Å². The number of benzene rings is 2. The number of nitrogens with zero attached hydrogens (tertiary/aromatic N) is 3. The van der Waals surface area contributed by atoms with Gasteiger partial charge in [-0.25, -0.2) is 8.78 Å². The van der Waals surface area contributed by atoms with Crippen LogP contribution in [0.15, 0.2) is 48.7 Å². The van der Waals surface area contributed by atoms with E-state index in [2.05, 4.69) is 10.3 Å². The first-order valence-corrected chi connectivity index (χ1v) is 14.2. The monoisotopic (exact) mass is 610 g/mol. The largest absolute Gasteiger partial charge is 0.469 e. The zero-order valence-corrected chi connectivity index (χ0v) is 24.3. The van der Waals surface area contributed by atoms with Crippen LogP contribution in [0, 0.1) is 17.6 Å². The van der Waals surface area contributed by atoms with Crippen LogP contribution in [0.2, 0.25) is 5.02 Å². The molecule has 12 heteroatoms. The van der Waals surface area contributed by atoms with Crippen LogP contribution < -0.4 is 10.2 Å². The van der Waals surface area contributed by atoms with E-state index in [0.29, 0.717) is 47.3 Å². The number of carbonyl (C=O) groups is 4. The normalized spacial score (nSPS) is 19.2. The molecule has 0 unspecified atom stereocenters. The number of carbonyl (C=O) groups excluding carboxylic acids is 4. The maximum Gasteiger partial charge on any atom is 0.309 e. The Morgan fingerprint density at radius 2 is 1.86 bits per heavy atom. The van der Waals surface area contributed by atoms with Crippen molar-refractivity contribution in [2.45, 2.75) is 38.6 Å². The fraction of sp³-hybridized carbons (Fsp3) is 0.323. The average molecular weight is 611 g/mol. The van der Waals surface area contributed by atoms with Crippen LogP contribution in [0.3, 0.4) is 0 Å². The molecule has 3 heterocycles. The number of methoxy groups -OCH3 is 1. The van der Waals surface area contributed by atoms with Crippen molar-refractivity contribution >= 4 is 46.7 Å². The second-order valence-corrected chi connectivity index (χ2v) is 11.0. The van der Waals surface area contributed by atoms with Gasteiger partial charge in [0.1, 0.15) is 24.6 Å². The zero-order valence-electron chi connectivity index (χ0n) is 23.5. The summed E-state index contributed by atoms with van der Waals surface area (Å²) in [5.74, 6) is -4.27. The van der Waals surface area contributed by atoms with Gasteiger partial charge in [0.15, 0.2) is 5.82 Å². The average Bonchev–Trinajstić information content (AvgIpc) is 2.98. The second kappa shape index (κ2) is 12.5. The van der Waals surface area contributed by atoms with Gasteiger partial charge in [-0.1, -0.05) is 37.1 Å². The summed E-state index contributed by atoms with van der Waals surface area (Å²) >= 11 is 5.83. The Morgan fingerprint density at radius 3 is 2.63 bits per heavy atom. The molecule has 43 heavy (non-hydrogen) atoms. The number of hydrogen-bond acceptors (Lipinski definition) is 6. The number of fused-ring (bicyclic) bond motifs is 4. The summed E-state index contributed by atoms with van der Waals surface area (Å²) in [6.45, 7) is 0.829. The molecule has 9 nitrogen and oxygen atoms in total. The third-order valence-electron chi connectivity index (χ3n) is 7.81. The van der Waals surface area contributed by atoms with Crippen molar-refractivity contribution in [2.75, 3.05) is 30.4 Å². The highest BCUT2D eigenvalue weighted by Crippen LogP contribution is 2.36. The minimum absolute atomic E-state index is 0.0237. The van der Waals surface area contributed by atoms with Crippen LogP contribution in [-0.4, -0.2) is 53.8 Å². The lowest BCUT2D eigenvalue weighted by molar-refractivity contribution is -0.141. The topological polar surface area (TPSA) is 109 Å². The number of piperazine rings is 1. The van der Waals surface area contributed by atoms with Crippen LogP contribution in [0.5, 0.6) is 0 Å². The molecule has 2 aromatic carbocycles. The molecule has 1 N–H and O–H groups in total. The Balaban J connectivity index is 1.51. The fourth-order valence-corrected chi connectivity index (χ4v) is 5.61. The molecule has 3 aromatic rings. The van der Waals surface area contributed by atoms with Crippen molar-refractivity contribution in [3.05, 3.63) is 76.4 Å². The molecule has 0 aliphatic carbocycles. The van der Waals surface area contributed by atoms with Gasteiger partial charge in [0.05, 0.1) is 36.0 Å². The third kappa shape index (κ3) is 6.22. The number of halogens is 3. The first-order chi connectivity index (χ1) is 20.6. The number of aromatic nitrogens is 1. The van der Waals surface area contributed by atoms with Gasteiger partial charge in [0.25, 0.3) is 0 Å². The molecule has 2 aliphatic rings. The number of hydrogen-bond donors (Lipinski definition) is 1. The van der Waals surface area contributed by atoms with Gasteiger partial charge in [-0.15, -0.1) is 0 Å². The minimum atomic E-state index is -1.11. The molecule has 1 aromatic heterocycles. The van der Waals surface area contributed by atoms with E-state index in [1.165, 1.54) is 12.0 Å². The Hall–Kier alpha value is -4.38. The Bertz CT molecular complexity index is 1620. The SMILES string of the molecule is COC(=O)Cc1ccc2c(c1)NC(=O)[C@H](C)CCC[C@H](N1CC(=O)N(c3c(F)ccc(Cl)c3F)CC1=O)c1ccnc-2c1. The molecular formula is C31H29ClF2N4O5. The summed E-state index contributed by atoms with van der Waals surface area (Å²) in [7, 11) is 1.30. The smallest absolute Gasteiger partial charge is 0.309 e. The van der Waals surface area contributed by atoms with Crippen molar-refractivity contribution in [1.82, 2.24) is 9.88 Å². The molecule has 1 fully saturated rings. The van der Waals surface area contributed by atoms with E-state index in [0.717, 1.165) is 17.0 Å². The van der Waals surface area contributed by atoms with Crippen LogP contribution in [0.1, 0.15) is 43.4 Å². The number of anilines is 2. The molecule has 0 radical (unpaired) electrons. The summed E-state index contributed by atoms with van der Waals surface area (Å²) in [5, 5.41) is 2.61. The quantitative estimate of drug-likeness (QED) is 0.326. The highest BCUT2D eigenvalue weighted by Gasteiger charge is 2.38. The van der Waals surface area contributed by atoms with Gasteiger partial charge < -0.3 is 15.0 Å². The van der Waals surface area contributed by atoms with E-state index >= 15 is 0 Å². The molecule has 224 valence electrons. The molecule has 2 aliphatic heterocycles. The van der Waals surface area contributed by atoms with Crippen LogP contribution in [-0.2, 0) is 30.3 Å². The molecule has 5 rings (SSSR count). The molecule has 0 saturated carbocycles.